The maximum absolute atomic E-state index is 5.99. The quantitative estimate of drug-likeness (QED) is 0.886. The fraction of sp³-hybridized carbons (Fsp3) is 0.333. The summed E-state index contributed by atoms with van der Waals surface area (Å²) in [5.41, 5.74) is 9.67. The van der Waals surface area contributed by atoms with Gasteiger partial charge in [0.15, 0.2) is 0 Å². The summed E-state index contributed by atoms with van der Waals surface area (Å²) in [5.74, 6) is 1.18. The third kappa shape index (κ3) is 3.76. The standard InChI is InChI=1S/C18H24N2O/c1-20(2)16-10-8-14(9-11-16)12-15(13-19)17-6-4-5-7-18(17)21-3/h4-11,15H,12-13,19H2,1-3H3. The molecule has 21 heavy (non-hydrogen) atoms. The molecule has 0 saturated carbocycles. The van der Waals surface area contributed by atoms with Crippen molar-refractivity contribution in [2.75, 3.05) is 32.6 Å². The molecule has 0 radical (unpaired) electrons. The average molecular weight is 284 g/mol. The summed E-state index contributed by atoms with van der Waals surface area (Å²) >= 11 is 0. The summed E-state index contributed by atoms with van der Waals surface area (Å²) in [6.45, 7) is 0.607. The van der Waals surface area contributed by atoms with Crippen LogP contribution in [0.4, 0.5) is 5.69 Å². The molecular formula is C18H24N2O. The van der Waals surface area contributed by atoms with Crippen LogP contribution in [-0.4, -0.2) is 27.7 Å². The van der Waals surface area contributed by atoms with E-state index >= 15 is 0 Å². The van der Waals surface area contributed by atoms with Gasteiger partial charge in [0.1, 0.15) is 5.75 Å². The lowest BCUT2D eigenvalue weighted by Gasteiger charge is -2.19. The van der Waals surface area contributed by atoms with E-state index in [1.54, 1.807) is 7.11 Å². The van der Waals surface area contributed by atoms with Crippen molar-refractivity contribution in [3.05, 3.63) is 59.7 Å². The molecule has 0 fully saturated rings. The largest absolute Gasteiger partial charge is 0.496 e. The summed E-state index contributed by atoms with van der Waals surface area (Å²) in [6.07, 6.45) is 0.921. The number of hydrogen-bond acceptors (Lipinski definition) is 3. The van der Waals surface area contributed by atoms with Crippen LogP contribution in [0.25, 0.3) is 0 Å². The molecule has 112 valence electrons. The second-order valence-corrected chi connectivity index (χ2v) is 5.44. The first-order chi connectivity index (χ1) is 10.2. The molecule has 1 unspecified atom stereocenters. The highest BCUT2D eigenvalue weighted by atomic mass is 16.5. The van der Waals surface area contributed by atoms with Gasteiger partial charge in [0.25, 0.3) is 0 Å². The summed E-state index contributed by atoms with van der Waals surface area (Å²) in [6, 6.07) is 16.8. The second kappa shape index (κ2) is 7.14. The Kier molecular flexibility index (Phi) is 5.23. The van der Waals surface area contributed by atoms with E-state index in [0.717, 1.165) is 12.2 Å². The molecule has 0 aliphatic heterocycles. The van der Waals surface area contributed by atoms with E-state index < -0.39 is 0 Å². The SMILES string of the molecule is COc1ccccc1C(CN)Cc1ccc(N(C)C)cc1. The Morgan fingerprint density at radius 2 is 1.71 bits per heavy atom. The number of nitrogens with two attached hydrogens (primary N) is 1. The third-order valence-electron chi connectivity index (χ3n) is 3.80. The molecule has 2 aromatic rings. The van der Waals surface area contributed by atoms with Gasteiger partial charge in [-0.2, -0.15) is 0 Å². The number of nitrogens with zero attached hydrogens (tertiary/aromatic N) is 1. The van der Waals surface area contributed by atoms with Crippen molar-refractivity contribution < 1.29 is 4.74 Å². The molecule has 0 aromatic heterocycles. The normalized spacial score (nSPS) is 12.0. The lowest BCUT2D eigenvalue weighted by Crippen LogP contribution is -2.16. The van der Waals surface area contributed by atoms with Crippen LogP contribution in [0.5, 0.6) is 5.75 Å². The predicted octanol–water partition coefficient (Wildman–Crippen LogP) is 3.05. The monoisotopic (exact) mass is 284 g/mol. The maximum atomic E-state index is 5.99. The molecular weight excluding hydrogens is 260 g/mol. The molecule has 2 N–H and O–H groups in total. The van der Waals surface area contributed by atoms with E-state index in [1.807, 2.05) is 32.3 Å². The van der Waals surface area contributed by atoms with Gasteiger partial charge in [-0.05, 0) is 42.3 Å². The Morgan fingerprint density at radius 3 is 2.29 bits per heavy atom. The Hall–Kier alpha value is -2.00. The van der Waals surface area contributed by atoms with E-state index in [4.69, 9.17) is 10.5 Å². The first-order valence-electron chi connectivity index (χ1n) is 7.25. The van der Waals surface area contributed by atoms with Gasteiger partial charge < -0.3 is 15.4 Å². The number of anilines is 1. The van der Waals surface area contributed by atoms with Crippen molar-refractivity contribution in [1.82, 2.24) is 0 Å². The van der Waals surface area contributed by atoms with Crippen molar-refractivity contribution in [1.29, 1.82) is 0 Å². The van der Waals surface area contributed by atoms with Crippen LogP contribution in [0.1, 0.15) is 17.0 Å². The molecule has 0 bridgehead atoms. The topological polar surface area (TPSA) is 38.5 Å². The molecule has 0 spiro atoms. The highest BCUT2D eigenvalue weighted by Crippen LogP contribution is 2.28. The minimum absolute atomic E-state index is 0.270. The number of para-hydroxylation sites is 1. The van der Waals surface area contributed by atoms with Gasteiger partial charge in [0, 0.05) is 25.7 Å². The molecule has 0 aliphatic rings. The Labute approximate surface area is 127 Å². The molecule has 3 heteroatoms. The number of methoxy groups -OCH3 is 1. The van der Waals surface area contributed by atoms with Gasteiger partial charge in [-0.15, -0.1) is 0 Å². The zero-order chi connectivity index (χ0) is 15.2. The van der Waals surface area contributed by atoms with Crippen LogP contribution in [0.3, 0.4) is 0 Å². The minimum Gasteiger partial charge on any atom is -0.496 e. The lowest BCUT2D eigenvalue weighted by atomic mass is 9.91. The van der Waals surface area contributed by atoms with Crippen LogP contribution in [0, 0.1) is 0 Å². The van der Waals surface area contributed by atoms with Crippen LogP contribution in [0.2, 0.25) is 0 Å². The fourth-order valence-corrected chi connectivity index (χ4v) is 2.54. The van der Waals surface area contributed by atoms with Crippen molar-refractivity contribution in [3.8, 4) is 5.75 Å². The van der Waals surface area contributed by atoms with Gasteiger partial charge >= 0.3 is 0 Å². The van der Waals surface area contributed by atoms with Gasteiger partial charge in [-0.25, -0.2) is 0 Å². The molecule has 0 aliphatic carbocycles. The molecule has 2 rings (SSSR count). The second-order valence-electron chi connectivity index (χ2n) is 5.44. The molecule has 1 atom stereocenters. The van der Waals surface area contributed by atoms with E-state index in [0.29, 0.717) is 6.54 Å². The zero-order valence-corrected chi connectivity index (χ0v) is 13.0. The summed E-state index contributed by atoms with van der Waals surface area (Å²) < 4.78 is 5.45. The third-order valence-corrected chi connectivity index (χ3v) is 3.80. The van der Waals surface area contributed by atoms with Crippen molar-refractivity contribution in [2.24, 2.45) is 5.73 Å². The van der Waals surface area contributed by atoms with Crippen molar-refractivity contribution in [3.63, 3.8) is 0 Å². The highest BCUT2D eigenvalue weighted by Gasteiger charge is 2.15. The molecule has 0 saturated heterocycles. The van der Waals surface area contributed by atoms with Crippen molar-refractivity contribution in [2.45, 2.75) is 12.3 Å². The number of benzene rings is 2. The summed E-state index contributed by atoms with van der Waals surface area (Å²) in [5, 5.41) is 0. The number of rotatable bonds is 6. The zero-order valence-electron chi connectivity index (χ0n) is 13.0. The summed E-state index contributed by atoms with van der Waals surface area (Å²) in [7, 11) is 5.80. The van der Waals surface area contributed by atoms with E-state index in [1.165, 1.54) is 16.8 Å². The van der Waals surface area contributed by atoms with E-state index in [-0.39, 0.29) is 5.92 Å². The number of hydrogen-bond donors (Lipinski definition) is 1. The molecule has 0 heterocycles. The Bertz CT molecular complexity index is 564. The van der Waals surface area contributed by atoms with Crippen LogP contribution >= 0.6 is 0 Å². The van der Waals surface area contributed by atoms with Crippen LogP contribution in [0.15, 0.2) is 48.5 Å². The van der Waals surface area contributed by atoms with E-state index in [9.17, 15) is 0 Å². The van der Waals surface area contributed by atoms with Gasteiger partial charge in [0.2, 0.25) is 0 Å². The Morgan fingerprint density at radius 1 is 1.05 bits per heavy atom. The molecule has 0 amide bonds. The first kappa shape index (κ1) is 15.4. The van der Waals surface area contributed by atoms with Crippen molar-refractivity contribution >= 4 is 5.69 Å². The van der Waals surface area contributed by atoms with Gasteiger partial charge in [-0.1, -0.05) is 30.3 Å². The average Bonchev–Trinajstić information content (AvgIpc) is 2.53. The van der Waals surface area contributed by atoms with Gasteiger partial charge in [0.05, 0.1) is 7.11 Å². The fourth-order valence-electron chi connectivity index (χ4n) is 2.54. The molecule has 3 nitrogen and oxygen atoms in total. The van der Waals surface area contributed by atoms with Gasteiger partial charge in [-0.3, -0.25) is 0 Å². The van der Waals surface area contributed by atoms with E-state index in [2.05, 4.69) is 35.2 Å². The Balaban J connectivity index is 2.19. The maximum Gasteiger partial charge on any atom is 0.122 e. The lowest BCUT2D eigenvalue weighted by molar-refractivity contribution is 0.405. The first-order valence-corrected chi connectivity index (χ1v) is 7.25. The van der Waals surface area contributed by atoms with Crippen LogP contribution < -0.4 is 15.4 Å². The highest BCUT2D eigenvalue weighted by molar-refractivity contribution is 5.46. The summed E-state index contributed by atoms with van der Waals surface area (Å²) in [4.78, 5) is 2.10. The van der Waals surface area contributed by atoms with Crippen LogP contribution in [-0.2, 0) is 6.42 Å². The molecule has 2 aromatic carbocycles. The predicted molar refractivity (Wildman–Crippen MR) is 89.3 cm³/mol. The smallest absolute Gasteiger partial charge is 0.122 e. The number of ether oxygens (including phenoxy) is 1. The minimum atomic E-state index is 0.270.